The van der Waals surface area contributed by atoms with Gasteiger partial charge in [-0.15, -0.1) is 0 Å². The van der Waals surface area contributed by atoms with Crippen LogP contribution in [0.5, 0.6) is 0 Å². The summed E-state index contributed by atoms with van der Waals surface area (Å²) in [6.45, 7) is 3.49. The highest BCUT2D eigenvalue weighted by Crippen LogP contribution is 2.23. The first kappa shape index (κ1) is 12.4. The number of rotatable bonds is 4. The number of aryl methyl sites for hydroxylation is 2. The van der Waals surface area contributed by atoms with E-state index >= 15 is 0 Å². The van der Waals surface area contributed by atoms with Crippen molar-refractivity contribution in [1.82, 2.24) is 0 Å². The summed E-state index contributed by atoms with van der Waals surface area (Å²) in [5.74, 6) is 0.149. The van der Waals surface area contributed by atoms with Crippen LogP contribution in [0.1, 0.15) is 16.7 Å². The van der Waals surface area contributed by atoms with Gasteiger partial charge in [0.15, 0.2) is 0 Å². The van der Waals surface area contributed by atoms with Gasteiger partial charge in [-0.1, -0.05) is 0 Å². The van der Waals surface area contributed by atoms with Gasteiger partial charge in [-0.25, -0.2) is 0 Å². The molecule has 0 amide bonds. The number of hydrogen-bond acceptors (Lipinski definition) is 3. The lowest BCUT2D eigenvalue weighted by molar-refractivity contribution is -0.385. The minimum atomic E-state index is -0.395. The average Bonchev–Trinajstić information content (AvgIpc) is 2.22. The summed E-state index contributed by atoms with van der Waals surface area (Å²) in [6, 6.07) is 3.27. The van der Waals surface area contributed by atoms with E-state index in [0.29, 0.717) is 18.3 Å². The van der Waals surface area contributed by atoms with Crippen molar-refractivity contribution < 1.29 is 9.72 Å². The van der Waals surface area contributed by atoms with Crippen LogP contribution < -0.4 is 0 Å². The molecule has 5 heteroatoms. The molecule has 0 bridgehead atoms. The fraction of sp³-hybridized carbons (Fsp3) is 0.364. The van der Waals surface area contributed by atoms with Crippen LogP contribution >= 0.6 is 0 Å². The van der Waals surface area contributed by atoms with Crippen LogP contribution in [0.4, 0.5) is 5.69 Å². The predicted octanol–water partition coefficient (Wildman–Crippen LogP) is 1.37. The molecule has 1 aromatic rings. The second kappa shape index (κ2) is 4.92. The Balaban J connectivity index is 3.10. The lowest BCUT2D eigenvalue weighted by Crippen LogP contribution is -2.04. The molecule has 4 nitrogen and oxygen atoms in total. The van der Waals surface area contributed by atoms with Gasteiger partial charge in [0.1, 0.15) is 13.6 Å². The fourth-order valence-electron chi connectivity index (χ4n) is 1.59. The molecule has 0 aliphatic carbocycles. The highest BCUT2D eigenvalue weighted by atomic mass is 16.6. The van der Waals surface area contributed by atoms with Gasteiger partial charge in [0.2, 0.25) is 0 Å². The van der Waals surface area contributed by atoms with Crippen molar-refractivity contribution in [2.24, 2.45) is 0 Å². The number of hydrogen-bond donors (Lipinski definition) is 0. The van der Waals surface area contributed by atoms with Crippen molar-refractivity contribution in [3.63, 3.8) is 0 Å². The molecule has 0 aromatic heterocycles. The molecule has 0 aliphatic heterocycles. The first-order valence-corrected chi connectivity index (χ1v) is 5.22. The normalized spacial score (nSPS) is 10.1. The Morgan fingerprint density at radius 2 is 2.00 bits per heavy atom. The van der Waals surface area contributed by atoms with E-state index in [4.69, 9.17) is 0 Å². The van der Waals surface area contributed by atoms with E-state index < -0.39 is 4.92 Å². The maximum absolute atomic E-state index is 11.3. The Morgan fingerprint density at radius 3 is 2.50 bits per heavy atom. The summed E-state index contributed by atoms with van der Waals surface area (Å²) in [5, 5.41) is 10.7. The summed E-state index contributed by atoms with van der Waals surface area (Å²) in [4.78, 5) is 21.6. The van der Waals surface area contributed by atoms with Crippen molar-refractivity contribution in [1.29, 1.82) is 0 Å². The van der Waals surface area contributed by atoms with E-state index in [2.05, 4.69) is 0 Å². The monoisotopic (exact) mass is 219 g/mol. The SMILES string of the molecule is BCC(=O)Cc1cc(C)c([N+](=O)[O-])cc1C. The van der Waals surface area contributed by atoms with Crippen LogP contribution in [0.3, 0.4) is 0 Å². The molecule has 0 aliphatic rings. The maximum Gasteiger partial charge on any atom is 0.272 e. The number of nitro groups is 1. The van der Waals surface area contributed by atoms with E-state index in [0.717, 1.165) is 11.1 Å². The standard InChI is InChI=1S/C11H14BNO3/c1-7-4-11(13(15)16)8(2)3-9(7)5-10(14)6-12/h3-4H,5-6,12H2,1-2H3. The van der Waals surface area contributed by atoms with Gasteiger partial charge in [-0.3, -0.25) is 10.1 Å². The first-order valence-electron chi connectivity index (χ1n) is 5.22. The summed E-state index contributed by atoms with van der Waals surface area (Å²) in [5.41, 5.74) is 2.41. The molecule has 0 radical (unpaired) electrons. The van der Waals surface area contributed by atoms with E-state index in [9.17, 15) is 14.9 Å². The van der Waals surface area contributed by atoms with E-state index in [1.54, 1.807) is 19.9 Å². The largest absolute Gasteiger partial charge is 0.300 e. The van der Waals surface area contributed by atoms with E-state index in [-0.39, 0.29) is 11.5 Å². The molecule has 16 heavy (non-hydrogen) atoms. The van der Waals surface area contributed by atoms with Crippen molar-refractivity contribution in [2.45, 2.75) is 26.6 Å². The van der Waals surface area contributed by atoms with E-state index in [1.807, 2.05) is 7.85 Å². The van der Waals surface area contributed by atoms with E-state index in [1.165, 1.54) is 6.07 Å². The van der Waals surface area contributed by atoms with Gasteiger partial charge in [-0.05, 0) is 37.4 Å². The molecule has 1 aromatic carbocycles. The summed E-state index contributed by atoms with van der Waals surface area (Å²) >= 11 is 0. The van der Waals surface area contributed by atoms with Crippen molar-refractivity contribution in [3.05, 3.63) is 38.9 Å². The minimum Gasteiger partial charge on any atom is -0.300 e. The molecule has 0 saturated carbocycles. The molecular weight excluding hydrogens is 205 g/mol. The van der Waals surface area contributed by atoms with Crippen LogP contribution in [0.25, 0.3) is 0 Å². The highest BCUT2D eigenvalue weighted by molar-refractivity contribution is 6.20. The smallest absolute Gasteiger partial charge is 0.272 e. The number of ketones is 1. The molecule has 0 N–H and O–H groups in total. The van der Waals surface area contributed by atoms with Gasteiger partial charge in [0.25, 0.3) is 5.69 Å². The number of nitrogens with zero attached hydrogens (tertiary/aromatic N) is 1. The third kappa shape index (κ3) is 2.69. The Bertz CT molecular complexity index is 443. The van der Waals surface area contributed by atoms with Gasteiger partial charge >= 0.3 is 0 Å². The number of nitro benzene ring substituents is 1. The second-order valence-electron chi connectivity index (χ2n) is 3.89. The Labute approximate surface area is 95.2 Å². The average molecular weight is 219 g/mol. The van der Waals surface area contributed by atoms with Crippen molar-refractivity contribution in [2.75, 3.05) is 0 Å². The second-order valence-corrected chi connectivity index (χ2v) is 3.89. The zero-order valence-corrected chi connectivity index (χ0v) is 9.74. The molecule has 0 fully saturated rings. The molecule has 0 heterocycles. The van der Waals surface area contributed by atoms with Gasteiger partial charge < -0.3 is 4.79 Å². The third-order valence-corrected chi connectivity index (χ3v) is 2.63. The molecule has 84 valence electrons. The zero-order valence-electron chi connectivity index (χ0n) is 9.74. The number of carbonyl (C=O) groups is 1. The lowest BCUT2D eigenvalue weighted by Gasteiger charge is -2.06. The maximum atomic E-state index is 11.3. The van der Waals surface area contributed by atoms with Crippen LogP contribution in [0.2, 0.25) is 6.32 Å². The molecule has 0 saturated heterocycles. The van der Waals surface area contributed by atoms with Gasteiger partial charge in [0, 0.05) is 18.1 Å². The predicted molar refractivity (Wildman–Crippen MR) is 64.6 cm³/mol. The fourth-order valence-corrected chi connectivity index (χ4v) is 1.59. The Hall–Kier alpha value is -1.65. The third-order valence-electron chi connectivity index (χ3n) is 2.63. The highest BCUT2D eigenvalue weighted by Gasteiger charge is 2.14. The minimum absolute atomic E-state index is 0.116. The Morgan fingerprint density at radius 1 is 1.38 bits per heavy atom. The number of Topliss-reactive ketones (excluding diaryl/α,β-unsaturated/α-hetero) is 1. The lowest BCUT2D eigenvalue weighted by atomic mass is 9.93. The number of carbonyl (C=O) groups excluding carboxylic acids is 1. The zero-order chi connectivity index (χ0) is 12.3. The van der Waals surface area contributed by atoms with Crippen molar-refractivity contribution >= 4 is 19.3 Å². The van der Waals surface area contributed by atoms with Crippen molar-refractivity contribution in [3.8, 4) is 0 Å². The summed E-state index contributed by atoms with van der Waals surface area (Å²) in [7, 11) is 1.82. The quantitative estimate of drug-likeness (QED) is 0.436. The van der Waals surface area contributed by atoms with Gasteiger partial charge in [-0.2, -0.15) is 0 Å². The number of benzene rings is 1. The van der Waals surface area contributed by atoms with Crippen LogP contribution in [0, 0.1) is 24.0 Å². The topological polar surface area (TPSA) is 60.2 Å². The molecule has 0 unspecified atom stereocenters. The van der Waals surface area contributed by atoms with Crippen LogP contribution in [-0.4, -0.2) is 18.6 Å². The summed E-state index contributed by atoms with van der Waals surface area (Å²) in [6.07, 6.45) is 0.858. The Kier molecular flexibility index (Phi) is 3.82. The molecule has 0 atom stereocenters. The van der Waals surface area contributed by atoms with Crippen LogP contribution in [0.15, 0.2) is 12.1 Å². The molecular formula is C11H14BNO3. The molecule has 1 rings (SSSR count). The van der Waals surface area contributed by atoms with Crippen LogP contribution in [-0.2, 0) is 11.2 Å². The van der Waals surface area contributed by atoms with Gasteiger partial charge in [0.05, 0.1) is 4.92 Å². The first-order chi connectivity index (χ1) is 7.45. The summed E-state index contributed by atoms with van der Waals surface area (Å²) < 4.78 is 0. The molecule has 0 spiro atoms.